The lowest BCUT2D eigenvalue weighted by molar-refractivity contribution is 0.448. The number of nitrogens with zero attached hydrogens (tertiary/aromatic N) is 1. The Labute approximate surface area is 127 Å². The van der Waals surface area contributed by atoms with Gasteiger partial charge in [0.1, 0.15) is 10.0 Å². The van der Waals surface area contributed by atoms with Crippen LogP contribution in [-0.4, -0.2) is 13.4 Å². The molecule has 0 radical (unpaired) electrons. The minimum atomic E-state index is -4.21. The average molecular weight is 357 g/mol. The van der Waals surface area contributed by atoms with Crippen molar-refractivity contribution in [2.75, 3.05) is 4.72 Å². The van der Waals surface area contributed by atoms with Crippen LogP contribution in [0.5, 0.6) is 0 Å². The van der Waals surface area contributed by atoms with E-state index >= 15 is 0 Å². The van der Waals surface area contributed by atoms with Gasteiger partial charge in [0.15, 0.2) is 17.5 Å². The molecule has 0 aliphatic rings. The van der Waals surface area contributed by atoms with Crippen LogP contribution in [0.2, 0.25) is 10.2 Å². The van der Waals surface area contributed by atoms with E-state index in [1.54, 1.807) is 0 Å². The van der Waals surface area contributed by atoms with Gasteiger partial charge in [-0.15, -0.1) is 0 Å². The second-order valence-electron chi connectivity index (χ2n) is 3.80. The highest BCUT2D eigenvalue weighted by Crippen LogP contribution is 2.24. The Kier molecular flexibility index (Phi) is 4.31. The summed E-state index contributed by atoms with van der Waals surface area (Å²) < 4.78 is 64.7. The van der Waals surface area contributed by atoms with Crippen molar-refractivity contribution >= 4 is 38.9 Å². The molecule has 0 aliphatic carbocycles. The first-order valence-corrected chi connectivity index (χ1v) is 7.43. The molecule has 21 heavy (non-hydrogen) atoms. The molecule has 1 N–H and O–H groups in total. The fourth-order valence-corrected chi connectivity index (χ4v) is 2.72. The Hall–Kier alpha value is -1.51. The van der Waals surface area contributed by atoms with Gasteiger partial charge in [-0.25, -0.2) is 26.6 Å². The Bertz CT molecular complexity index is 792. The summed E-state index contributed by atoms with van der Waals surface area (Å²) in [4.78, 5) is 3.17. The summed E-state index contributed by atoms with van der Waals surface area (Å²) in [6.45, 7) is 0. The lowest BCUT2D eigenvalue weighted by Gasteiger charge is -2.09. The van der Waals surface area contributed by atoms with Crippen molar-refractivity contribution in [1.82, 2.24) is 4.98 Å². The number of nitrogens with one attached hydrogen (secondary N) is 1. The Morgan fingerprint density at radius 2 is 1.62 bits per heavy atom. The third kappa shape index (κ3) is 3.39. The Morgan fingerprint density at radius 1 is 1.05 bits per heavy atom. The molecule has 2 aromatic rings. The van der Waals surface area contributed by atoms with Crippen molar-refractivity contribution in [3.05, 3.63) is 52.0 Å². The molecule has 1 aromatic heterocycles. The molecule has 0 saturated carbocycles. The molecule has 0 atom stereocenters. The van der Waals surface area contributed by atoms with Crippen molar-refractivity contribution in [2.24, 2.45) is 0 Å². The molecule has 0 spiro atoms. The minimum absolute atomic E-state index is 0.102. The molecule has 0 saturated heterocycles. The minimum Gasteiger partial charge on any atom is -0.279 e. The van der Waals surface area contributed by atoms with Gasteiger partial charge < -0.3 is 0 Å². The highest BCUT2D eigenvalue weighted by Gasteiger charge is 2.19. The fraction of sp³-hybridized carbons (Fsp3) is 0. The predicted molar refractivity (Wildman–Crippen MR) is 71.4 cm³/mol. The van der Waals surface area contributed by atoms with Crippen LogP contribution in [0.1, 0.15) is 0 Å². The average Bonchev–Trinajstić information content (AvgIpc) is 2.38. The van der Waals surface area contributed by atoms with Gasteiger partial charge in [-0.2, -0.15) is 0 Å². The normalized spacial score (nSPS) is 11.5. The number of hydrogen-bond donors (Lipinski definition) is 1. The summed E-state index contributed by atoms with van der Waals surface area (Å²) in [7, 11) is -4.21. The largest absolute Gasteiger partial charge is 0.279 e. The van der Waals surface area contributed by atoms with Crippen LogP contribution in [0.25, 0.3) is 0 Å². The number of sulfonamides is 1. The van der Waals surface area contributed by atoms with Gasteiger partial charge in [0, 0.05) is 18.3 Å². The van der Waals surface area contributed by atoms with E-state index in [9.17, 15) is 21.6 Å². The summed E-state index contributed by atoms with van der Waals surface area (Å²) in [5, 5.41) is -0.217. The molecule has 0 aliphatic heterocycles. The SMILES string of the molecule is O=S(=O)(Nc1cc(F)c(F)c(F)c1)c1cnc(Cl)c(Cl)c1. The fourth-order valence-electron chi connectivity index (χ4n) is 1.38. The third-order valence-corrected chi connectivity index (χ3v) is 4.35. The van der Waals surface area contributed by atoms with Crippen LogP contribution in [0.3, 0.4) is 0 Å². The Balaban J connectivity index is 2.39. The lowest BCUT2D eigenvalue weighted by atomic mass is 10.3. The van der Waals surface area contributed by atoms with E-state index in [2.05, 4.69) is 4.98 Å². The quantitative estimate of drug-likeness (QED) is 0.675. The van der Waals surface area contributed by atoms with E-state index < -0.39 is 33.2 Å². The topological polar surface area (TPSA) is 59.1 Å². The summed E-state index contributed by atoms with van der Waals surface area (Å²) in [6, 6.07) is 2.01. The number of benzene rings is 1. The molecule has 0 fully saturated rings. The van der Waals surface area contributed by atoms with E-state index in [-0.39, 0.29) is 15.1 Å². The van der Waals surface area contributed by atoms with E-state index in [0.29, 0.717) is 12.1 Å². The standard InChI is InChI=1S/C11H5Cl2F3N2O2S/c12-7-3-6(4-17-11(7)13)21(19,20)18-5-1-8(14)10(16)9(15)2-5/h1-4,18H. The second-order valence-corrected chi connectivity index (χ2v) is 6.25. The molecule has 0 unspecified atom stereocenters. The van der Waals surface area contributed by atoms with Crippen LogP contribution < -0.4 is 4.72 Å². The maximum absolute atomic E-state index is 13.0. The van der Waals surface area contributed by atoms with Crippen LogP contribution in [0, 0.1) is 17.5 Å². The van der Waals surface area contributed by atoms with Crippen LogP contribution >= 0.6 is 23.2 Å². The first kappa shape index (κ1) is 15.9. The number of pyridine rings is 1. The molecule has 0 bridgehead atoms. The molecule has 0 amide bonds. The van der Waals surface area contributed by atoms with Gasteiger partial charge in [-0.1, -0.05) is 23.2 Å². The highest BCUT2D eigenvalue weighted by molar-refractivity contribution is 7.92. The van der Waals surface area contributed by atoms with Crippen molar-refractivity contribution in [3.63, 3.8) is 0 Å². The summed E-state index contributed by atoms with van der Waals surface area (Å²) in [5.74, 6) is -4.76. The maximum Gasteiger partial charge on any atom is 0.263 e. The van der Waals surface area contributed by atoms with Gasteiger partial charge in [-0.3, -0.25) is 4.72 Å². The molecule has 10 heteroatoms. The first-order valence-electron chi connectivity index (χ1n) is 5.19. The zero-order chi connectivity index (χ0) is 15.8. The van der Waals surface area contributed by atoms with Gasteiger partial charge in [0.2, 0.25) is 0 Å². The maximum atomic E-state index is 13.0. The molecule has 4 nitrogen and oxygen atoms in total. The zero-order valence-electron chi connectivity index (χ0n) is 9.87. The third-order valence-electron chi connectivity index (χ3n) is 2.32. The van der Waals surface area contributed by atoms with Crippen molar-refractivity contribution in [1.29, 1.82) is 0 Å². The molecule has 1 aromatic carbocycles. The smallest absolute Gasteiger partial charge is 0.263 e. The monoisotopic (exact) mass is 356 g/mol. The molecule has 1 heterocycles. The number of hydrogen-bond acceptors (Lipinski definition) is 3. The van der Waals surface area contributed by atoms with Crippen LogP contribution in [-0.2, 0) is 10.0 Å². The van der Waals surface area contributed by atoms with Crippen molar-refractivity contribution in [3.8, 4) is 0 Å². The van der Waals surface area contributed by atoms with Gasteiger partial charge in [0.05, 0.1) is 10.7 Å². The van der Waals surface area contributed by atoms with E-state index in [1.807, 2.05) is 4.72 Å². The van der Waals surface area contributed by atoms with Crippen LogP contribution in [0.15, 0.2) is 29.3 Å². The van der Waals surface area contributed by atoms with Gasteiger partial charge >= 0.3 is 0 Å². The van der Waals surface area contributed by atoms with Crippen molar-refractivity contribution in [2.45, 2.75) is 4.90 Å². The summed E-state index contributed by atoms with van der Waals surface area (Å²) >= 11 is 11.2. The molecular formula is C11H5Cl2F3N2O2S. The molecular weight excluding hydrogens is 352 g/mol. The highest BCUT2D eigenvalue weighted by atomic mass is 35.5. The molecule has 112 valence electrons. The molecule has 2 rings (SSSR count). The number of rotatable bonds is 3. The number of halogens is 5. The van der Waals surface area contributed by atoms with Crippen LogP contribution in [0.4, 0.5) is 18.9 Å². The number of anilines is 1. The van der Waals surface area contributed by atoms with Gasteiger partial charge in [0.25, 0.3) is 10.0 Å². The lowest BCUT2D eigenvalue weighted by Crippen LogP contribution is -2.14. The Morgan fingerprint density at radius 3 is 2.14 bits per heavy atom. The zero-order valence-corrected chi connectivity index (χ0v) is 12.2. The second kappa shape index (κ2) is 5.70. The summed E-state index contributed by atoms with van der Waals surface area (Å²) in [5.41, 5.74) is -0.488. The van der Waals surface area contributed by atoms with Gasteiger partial charge in [-0.05, 0) is 6.07 Å². The van der Waals surface area contributed by atoms with E-state index in [0.717, 1.165) is 12.3 Å². The van der Waals surface area contributed by atoms with E-state index in [1.165, 1.54) is 0 Å². The first-order chi connectivity index (χ1) is 9.70. The summed E-state index contributed by atoms with van der Waals surface area (Å²) in [6.07, 6.45) is 0.910. The number of aromatic nitrogens is 1. The van der Waals surface area contributed by atoms with E-state index in [4.69, 9.17) is 23.2 Å². The predicted octanol–water partition coefficient (Wildman–Crippen LogP) is 3.61. The van der Waals surface area contributed by atoms with Crippen molar-refractivity contribution < 1.29 is 21.6 Å².